The number of hydrogen-bond donors (Lipinski definition) is 1. The van der Waals surface area contributed by atoms with Gasteiger partial charge in [-0.05, 0) is 27.2 Å². The zero-order chi connectivity index (χ0) is 8.20. The maximum Gasteiger partial charge on any atom is 0.0376 e. The Balaban J connectivity index is 3.52. The Hall–Kier alpha value is -0.0800. The second-order valence-corrected chi connectivity index (χ2v) is 3.65. The molecule has 0 rings (SSSR count). The zero-order valence-corrected chi connectivity index (χ0v) is 7.52. The van der Waals surface area contributed by atoms with Gasteiger partial charge in [-0.25, -0.2) is 0 Å². The molecule has 0 aliphatic rings. The van der Waals surface area contributed by atoms with Crippen LogP contribution in [0.3, 0.4) is 0 Å². The summed E-state index contributed by atoms with van der Waals surface area (Å²) in [5.74, 6) is 0. The van der Waals surface area contributed by atoms with E-state index in [9.17, 15) is 5.21 Å². The summed E-state index contributed by atoms with van der Waals surface area (Å²) in [6, 6.07) is 0. The number of hydrogen-bond acceptors (Lipinski definition) is 2. The minimum Gasteiger partial charge on any atom is -0.313 e. The van der Waals surface area contributed by atoms with Crippen molar-refractivity contribution < 1.29 is 5.21 Å². The van der Waals surface area contributed by atoms with Crippen molar-refractivity contribution in [3.63, 3.8) is 0 Å². The summed E-state index contributed by atoms with van der Waals surface area (Å²) in [4.78, 5) is 0. The molecule has 0 fully saturated rings. The summed E-state index contributed by atoms with van der Waals surface area (Å²) >= 11 is 0. The summed E-state index contributed by atoms with van der Waals surface area (Å²) < 4.78 is 0. The maximum atomic E-state index is 9.35. The molecule has 0 saturated heterocycles. The molecule has 0 amide bonds. The predicted octanol–water partition coefficient (Wildman–Crippen LogP) is 2.28. The molecule has 62 valence electrons. The molecular formula is C8H19NO. The Morgan fingerprint density at radius 3 is 2.10 bits per heavy atom. The van der Waals surface area contributed by atoms with Crippen LogP contribution in [0.5, 0.6) is 0 Å². The fourth-order valence-corrected chi connectivity index (χ4v) is 0.643. The van der Waals surface area contributed by atoms with E-state index in [-0.39, 0.29) is 5.54 Å². The largest absolute Gasteiger partial charge is 0.313 e. The molecule has 0 aliphatic heterocycles. The van der Waals surface area contributed by atoms with E-state index >= 15 is 0 Å². The molecule has 0 saturated carbocycles. The van der Waals surface area contributed by atoms with Gasteiger partial charge in [-0.2, -0.15) is 5.06 Å². The number of rotatable bonds is 3. The fraction of sp³-hybridized carbons (Fsp3) is 1.00. The molecule has 2 nitrogen and oxygen atoms in total. The van der Waals surface area contributed by atoms with Gasteiger partial charge in [0.05, 0.1) is 0 Å². The van der Waals surface area contributed by atoms with Crippen LogP contribution in [0.25, 0.3) is 0 Å². The summed E-state index contributed by atoms with van der Waals surface area (Å²) in [5, 5.41) is 10.7. The molecule has 0 radical (unpaired) electrons. The molecule has 1 N–H and O–H groups in total. The van der Waals surface area contributed by atoms with Crippen LogP contribution in [0.1, 0.15) is 40.5 Å². The van der Waals surface area contributed by atoms with Crippen molar-refractivity contribution in [1.82, 2.24) is 5.06 Å². The molecule has 0 aliphatic carbocycles. The molecule has 0 aromatic carbocycles. The van der Waals surface area contributed by atoms with E-state index in [1.165, 1.54) is 5.06 Å². The van der Waals surface area contributed by atoms with E-state index in [1.54, 1.807) is 0 Å². The van der Waals surface area contributed by atoms with Crippen molar-refractivity contribution in [2.75, 3.05) is 6.54 Å². The first-order valence-corrected chi connectivity index (χ1v) is 3.95. The highest BCUT2D eigenvalue weighted by Gasteiger charge is 2.17. The van der Waals surface area contributed by atoms with Crippen LogP contribution < -0.4 is 0 Å². The van der Waals surface area contributed by atoms with Crippen LogP contribution in [0.4, 0.5) is 0 Å². The third-order valence-corrected chi connectivity index (χ3v) is 1.50. The molecule has 0 aromatic rings. The first kappa shape index (κ1) is 9.92. The second kappa shape index (κ2) is 3.94. The Bertz CT molecular complexity index is 85.7. The smallest absolute Gasteiger partial charge is 0.0376 e. The fourth-order valence-electron chi connectivity index (χ4n) is 0.643. The zero-order valence-electron chi connectivity index (χ0n) is 7.52. The number of nitrogens with zero attached hydrogens (tertiary/aromatic N) is 1. The second-order valence-electron chi connectivity index (χ2n) is 3.65. The van der Waals surface area contributed by atoms with Crippen LogP contribution in [0.2, 0.25) is 0 Å². The molecule has 0 spiro atoms. The van der Waals surface area contributed by atoms with Crippen molar-refractivity contribution in [2.45, 2.75) is 46.1 Å². The first-order chi connectivity index (χ1) is 4.48. The van der Waals surface area contributed by atoms with E-state index in [4.69, 9.17) is 0 Å². The standard InChI is InChI=1S/C8H19NO/c1-5-6-7-9(10)8(2,3)4/h10H,5-7H2,1-4H3. The number of unbranched alkanes of at least 4 members (excludes halogenated alkanes) is 1. The van der Waals surface area contributed by atoms with Crippen LogP contribution in [-0.2, 0) is 0 Å². The molecule has 0 unspecified atom stereocenters. The van der Waals surface area contributed by atoms with E-state index in [2.05, 4.69) is 6.92 Å². The summed E-state index contributed by atoms with van der Waals surface area (Å²) in [6.45, 7) is 8.91. The van der Waals surface area contributed by atoms with Crippen molar-refractivity contribution in [2.24, 2.45) is 0 Å². The minimum atomic E-state index is -0.102. The summed E-state index contributed by atoms with van der Waals surface area (Å²) in [7, 11) is 0. The van der Waals surface area contributed by atoms with Gasteiger partial charge in [-0.3, -0.25) is 0 Å². The third kappa shape index (κ3) is 3.85. The highest BCUT2D eigenvalue weighted by atomic mass is 16.5. The molecule has 0 atom stereocenters. The lowest BCUT2D eigenvalue weighted by Crippen LogP contribution is -2.39. The van der Waals surface area contributed by atoms with Gasteiger partial charge >= 0.3 is 0 Å². The highest BCUT2D eigenvalue weighted by molar-refractivity contribution is 4.68. The van der Waals surface area contributed by atoms with Gasteiger partial charge in [-0.1, -0.05) is 13.3 Å². The van der Waals surface area contributed by atoms with Crippen molar-refractivity contribution >= 4 is 0 Å². The average molecular weight is 145 g/mol. The Morgan fingerprint density at radius 2 is 1.80 bits per heavy atom. The Labute approximate surface area is 63.8 Å². The van der Waals surface area contributed by atoms with Gasteiger partial charge in [0.1, 0.15) is 0 Å². The topological polar surface area (TPSA) is 23.5 Å². The van der Waals surface area contributed by atoms with Crippen LogP contribution >= 0.6 is 0 Å². The molecular weight excluding hydrogens is 126 g/mol. The van der Waals surface area contributed by atoms with Gasteiger partial charge < -0.3 is 5.21 Å². The predicted molar refractivity (Wildman–Crippen MR) is 43.2 cm³/mol. The third-order valence-electron chi connectivity index (χ3n) is 1.50. The maximum absolute atomic E-state index is 9.35. The minimum absolute atomic E-state index is 0.102. The Kier molecular flexibility index (Phi) is 3.91. The van der Waals surface area contributed by atoms with Gasteiger partial charge in [-0.15, -0.1) is 0 Å². The normalized spacial score (nSPS) is 12.6. The van der Waals surface area contributed by atoms with Crippen molar-refractivity contribution in [3.05, 3.63) is 0 Å². The van der Waals surface area contributed by atoms with E-state index in [0.717, 1.165) is 19.4 Å². The Morgan fingerprint density at radius 1 is 1.30 bits per heavy atom. The lowest BCUT2D eigenvalue weighted by atomic mass is 10.1. The van der Waals surface area contributed by atoms with Gasteiger partial charge in [0.2, 0.25) is 0 Å². The SMILES string of the molecule is CCCCN(O)C(C)(C)C. The highest BCUT2D eigenvalue weighted by Crippen LogP contribution is 2.10. The van der Waals surface area contributed by atoms with Crippen molar-refractivity contribution in [1.29, 1.82) is 0 Å². The van der Waals surface area contributed by atoms with Crippen LogP contribution in [-0.4, -0.2) is 22.4 Å². The molecule has 10 heavy (non-hydrogen) atoms. The van der Waals surface area contributed by atoms with Crippen molar-refractivity contribution in [3.8, 4) is 0 Å². The van der Waals surface area contributed by atoms with Gasteiger partial charge in [0, 0.05) is 12.1 Å². The lowest BCUT2D eigenvalue weighted by Gasteiger charge is -2.29. The first-order valence-electron chi connectivity index (χ1n) is 3.95. The molecule has 2 heteroatoms. The van der Waals surface area contributed by atoms with Crippen LogP contribution in [0.15, 0.2) is 0 Å². The van der Waals surface area contributed by atoms with E-state index < -0.39 is 0 Å². The quantitative estimate of drug-likeness (QED) is 0.616. The lowest BCUT2D eigenvalue weighted by molar-refractivity contribution is -0.156. The van der Waals surface area contributed by atoms with Crippen LogP contribution in [0, 0.1) is 0 Å². The summed E-state index contributed by atoms with van der Waals surface area (Å²) in [5.41, 5.74) is -0.102. The molecule has 0 aromatic heterocycles. The molecule has 0 heterocycles. The monoisotopic (exact) mass is 145 g/mol. The number of hydroxylamine groups is 2. The van der Waals surface area contributed by atoms with Gasteiger partial charge in [0.25, 0.3) is 0 Å². The summed E-state index contributed by atoms with van der Waals surface area (Å²) in [6.07, 6.45) is 2.20. The van der Waals surface area contributed by atoms with E-state index in [0.29, 0.717) is 0 Å². The average Bonchev–Trinajstić information content (AvgIpc) is 1.80. The van der Waals surface area contributed by atoms with E-state index in [1.807, 2.05) is 20.8 Å². The molecule has 0 bridgehead atoms. The van der Waals surface area contributed by atoms with Gasteiger partial charge in [0.15, 0.2) is 0 Å².